The smallest absolute Gasteiger partial charge is 0.148 e. The van der Waals surface area contributed by atoms with Crippen LogP contribution >= 0.6 is 59.4 Å². The normalized spacial score (nSPS) is 10.5. The third-order valence-corrected chi connectivity index (χ3v) is 4.46. The molecule has 0 radical (unpaired) electrons. The summed E-state index contributed by atoms with van der Waals surface area (Å²) in [6.07, 6.45) is 0. The van der Waals surface area contributed by atoms with Crippen molar-refractivity contribution in [1.29, 1.82) is 0 Å². The van der Waals surface area contributed by atoms with E-state index in [2.05, 4.69) is 47.8 Å². The van der Waals surface area contributed by atoms with Crippen molar-refractivity contribution in [2.45, 2.75) is 12.5 Å². The number of hydrogen-bond acceptors (Lipinski definition) is 1. The molecule has 19 heavy (non-hydrogen) atoms. The maximum atomic E-state index is 5.85. The maximum Gasteiger partial charge on any atom is 0.148 e. The fourth-order valence-electron chi connectivity index (χ4n) is 1.61. The molecule has 0 heterocycles. The molecule has 2 aromatic carbocycles. The molecule has 0 atom stereocenters. The fraction of sp³-hybridized carbons (Fsp3) is 0.143. The van der Waals surface area contributed by atoms with Crippen LogP contribution in [0.2, 0.25) is 0 Å². The van der Waals surface area contributed by atoms with Gasteiger partial charge in [-0.1, -0.05) is 28.1 Å². The van der Waals surface area contributed by atoms with E-state index in [0.717, 1.165) is 30.3 Å². The summed E-state index contributed by atoms with van der Waals surface area (Å²) in [5.74, 6) is 1.26. The molecular weight excluding hydrogens is 459 g/mol. The lowest BCUT2D eigenvalue weighted by Crippen LogP contribution is -1.97. The van der Waals surface area contributed by atoms with Crippen molar-refractivity contribution < 1.29 is 4.74 Å². The molecule has 2 aromatic rings. The van der Waals surface area contributed by atoms with Crippen LogP contribution < -0.4 is 4.74 Å². The van der Waals surface area contributed by atoms with Gasteiger partial charge >= 0.3 is 0 Å². The highest BCUT2D eigenvalue weighted by Gasteiger charge is 2.09. The lowest BCUT2D eigenvalue weighted by molar-refractivity contribution is 0.302. The number of rotatable bonds is 4. The first-order valence-corrected chi connectivity index (χ1v) is 8.42. The van der Waals surface area contributed by atoms with Gasteiger partial charge in [-0.2, -0.15) is 0 Å². The van der Waals surface area contributed by atoms with Gasteiger partial charge in [0.05, 0.1) is 8.95 Å². The monoisotopic (exact) mass is 466 g/mol. The molecule has 0 saturated carbocycles. The maximum absolute atomic E-state index is 5.85. The Hall–Kier alpha value is -0.0300. The first kappa shape index (κ1) is 15.4. The molecule has 0 aromatic heterocycles. The van der Waals surface area contributed by atoms with Crippen molar-refractivity contribution in [2.24, 2.45) is 0 Å². The molecule has 0 fully saturated rings. The Morgan fingerprint density at radius 1 is 0.947 bits per heavy atom. The Balaban J connectivity index is 2.16. The van der Waals surface area contributed by atoms with Crippen LogP contribution in [0.4, 0.5) is 0 Å². The molecule has 0 aliphatic rings. The minimum Gasteiger partial charge on any atom is -0.487 e. The van der Waals surface area contributed by atoms with E-state index in [1.807, 2.05) is 36.4 Å². The quantitative estimate of drug-likeness (QED) is 0.478. The molecule has 1 nitrogen and oxygen atoms in total. The zero-order chi connectivity index (χ0) is 13.8. The van der Waals surface area contributed by atoms with Crippen molar-refractivity contribution in [1.82, 2.24) is 0 Å². The van der Waals surface area contributed by atoms with Gasteiger partial charge < -0.3 is 4.74 Å². The van der Waals surface area contributed by atoms with Gasteiger partial charge in [0.1, 0.15) is 12.4 Å². The summed E-state index contributed by atoms with van der Waals surface area (Å²) < 4.78 is 8.69. The van der Waals surface area contributed by atoms with E-state index >= 15 is 0 Å². The van der Waals surface area contributed by atoms with Gasteiger partial charge in [-0.25, -0.2) is 0 Å². The van der Waals surface area contributed by atoms with E-state index in [4.69, 9.17) is 16.3 Å². The summed E-state index contributed by atoms with van der Waals surface area (Å²) in [4.78, 5) is 0. The molecule has 5 heteroatoms. The van der Waals surface area contributed by atoms with Gasteiger partial charge in [0.2, 0.25) is 0 Å². The van der Waals surface area contributed by atoms with E-state index < -0.39 is 0 Å². The SMILES string of the molecule is ClCc1cc(Br)c(OCc2cccc(Br)c2)c(Br)c1. The standard InChI is InChI=1S/C14H10Br3ClO/c15-11-3-1-2-9(4-11)8-19-14-12(16)5-10(7-18)6-13(14)17/h1-6H,7-8H2. The second kappa shape index (κ2) is 7.11. The van der Waals surface area contributed by atoms with Crippen LogP contribution in [0, 0.1) is 0 Å². The van der Waals surface area contributed by atoms with Crippen LogP contribution in [0.15, 0.2) is 49.8 Å². The van der Waals surface area contributed by atoms with E-state index in [1.165, 1.54) is 0 Å². The van der Waals surface area contributed by atoms with E-state index in [-0.39, 0.29) is 0 Å². The first-order valence-electron chi connectivity index (χ1n) is 5.51. The van der Waals surface area contributed by atoms with Crippen LogP contribution in [-0.4, -0.2) is 0 Å². The van der Waals surface area contributed by atoms with Crippen LogP contribution in [0.1, 0.15) is 11.1 Å². The summed E-state index contributed by atoms with van der Waals surface area (Å²) in [5, 5.41) is 0. The zero-order valence-electron chi connectivity index (χ0n) is 9.80. The lowest BCUT2D eigenvalue weighted by Gasteiger charge is -2.12. The fourth-order valence-corrected chi connectivity index (χ4v) is 3.72. The molecular formula is C14H10Br3ClO. The summed E-state index contributed by atoms with van der Waals surface area (Å²) in [7, 11) is 0. The molecule has 0 saturated heterocycles. The Labute approximate surface area is 142 Å². The molecule has 0 bridgehead atoms. The van der Waals surface area contributed by atoms with Gasteiger partial charge in [-0.3, -0.25) is 0 Å². The van der Waals surface area contributed by atoms with Crippen molar-refractivity contribution in [3.63, 3.8) is 0 Å². The molecule has 0 aliphatic carbocycles. The molecule has 100 valence electrons. The highest BCUT2D eigenvalue weighted by atomic mass is 79.9. The summed E-state index contributed by atoms with van der Waals surface area (Å²) >= 11 is 16.3. The number of hydrogen-bond donors (Lipinski definition) is 0. The highest BCUT2D eigenvalue weighted by molar-refractivity contribution is 9.11. The van der Waals surface area contributed by atoms with Crippen LogP contribution in [0.5, 0.6) is 5.75 Å². The molecule has 0 N–H and O–H groups in total. The number of ether oxygens (including phenoxy) is 1. The van der Waals surface area contributed by atoms with Crippen molar-refractivity contribution in [2.75, 3.05) is 0 Å². The highest BCUT2D eigenvalue weighted by Crippen LogP contribution is 2.35. The summed E-state index contributed by atoms with van der Waals surface area (Å²) in [6, 6.07) is 12.0. The molecule has 0 unspecified atom stereocenters. The molecule has 2 rings (SSSR count). The first-order chi connectivity index (χ1) is 9.10. The predicted molar refractivity (Wildman–Crippen MR) is 89.9 cm³/mol. The van der Waals surface area contributed by atoms with Crippen molar-refractivity contribution in [3.05, 3.63) is 60.9 Å². The minimum atomic E-state index is 0.475. The van der Waals surface area contributed by atoms with Gasteiger partial charge in [0, 0.05) is 10.4 Å². The van der Waals surface area contributed by atoms with Crippen molar-refractivity contribution >= 4 is 59.4 Å². The topological polar surface area (TPSA) is 9.23 Å². The number of alkyl halides is 1. The van der Waals surface area contributed by atoms with E-state index in [9.17, 15) is 0 Å². The Morgan fingerprint density at radius 3 is 2.21 bits per heavy atom. The van der Waals surface area contributed by atoms with Gasteiger partial charge in [-0.05, 0) is 67.3 Å². The molecule has 0 amide bonds. The summed E-state index contributed by atoms with van der Waals surface area (Å²) in [5.41, 5.74) is 2.14. The average molecular weight is 469 g/mol. The second-order valence-electron chi connectivity index (χ2n) is 3.94. The Bertz CT molecular complexity index is 564. The lowest BCUT2D eigenvalue weighted by atomic mass is 10.2. The third-order valence-electron chi connectivity index (χ3n) is 2.48. The number of halogens is 4. The van der Waals surface area contributed by atoms with Gasteiger partial charge in [0.25, 0.3) is 0 Å². The second-order valence-corrected chi connectivity index (χ2v) is 6.83. The molecule has 0 spiro atoms. The Kier molecular flexibility index (Phi) is 5.75. The summed E-state index contributed by atoms with van der Waals surface area (Å²) in [6.45, 7) is 0.511. The molecule has 0 aliphatic heterocycles. The predicted octanol–water partition coefficient (Wildman–Crippen LogP) is 6.29. The average Bonchev–Trinajstić information content (AvgIpc) is 2.37. The van der Waals surface area contributed by atoms with Crippen LogP contribution in [0.3, 0.4) is 0 Å². The van der Waals surface area contributed by atoms with Gasteiger partial charge in [-0.15, -0.1) is 11.6 Å². The zero-order valence-corrected chi connectivity index (χ0v) is 15.3. The largest absolute Gasteiger partial charge is 0.487 e. The Morgan fingerprint density at radius 2 is 1.63 bits per heavy atom. The van der Waals surface area contributed by atoms with E-state index in [1.54, 1.807) is 0 Å². The minimum absolute atomic E-state index is 0.475. The van der Waals surface area contributed by atoms with Crippen molar-refractivity contribution in [3.8, 4) is 5.75 Å². The third kappa shape index (κ3) is 4.22. The van der Waals surface area contributed by atoms with Gasteiger partial charge in [0.15, 0.2) is 0 Å². The van der Waals surface area contributed by atoms with Crippen LogP contribution in [0.25, 0.3) is 0 Å². The van der Waals surface area contributed by atoms with E-state index in [0.29, 0.717) is 12.5 Å². The number of benzene rings is 2. The van der Waals surface area contributed by atoms with Crippen LogP contribution in [-0.2, 0) is 12.5 Å².